The third kappa shape index (κ3) is 15.1. The van der Waals surface area contributed by atoms with E-state index in [0.717, 1.165) is 34.1 Å². The van der Waals surface area contributed by atoms with E-state index >= 15 is 0 Å². The van der Waals surface area contributed by atoms with Gasteiger partial charge in [-0.3, -0.25) is 9.80 Å². The number of alkyl halides is 6. The number of esters is 2. The fourth-order valence-electron chi connectivity index (χ4n) is 9.53. The van der Waals surface area contributed by atoms with Gasteiger partial charge in [0.2, 0.25) is 0 Å². The summed E-state index contributed by atoms with van der Waals surface area (Å²) in [6, 6.07) is 22.3. The van der Waals surface area contributed by atoms with E-state index in [4.69, 9.17) is 18.9 Å². The molecule has 0 bridgehead atoms. The van der Waals surface area contributed by atoms with Crippen LogP contribution < -0.4 is 9.80 Å². The monoisotopic (exact) mass is 1110 g/mol. The summed E-state index contributed by atoms with van der Waals surface area (Å²) >= 11 is 0. The minimum absolute atomic E-state index is 0.00225. The first-order valence-corrected chi connectivity index (χ1v) is 26.0. The zero-order valence-electron chi connectivity index (χ0n) is 45.4. The van der Waals surface area contributed by atoms with Crippen LogP contribution in [0.1, 0.15) is 86.0 Å². The molecule has 0 unspecified atom stereocenters. The number of hydrogen-bond donors (Lipinski definition) is 0. The summed E-state index contributed by atoms with van der Waals surface area (Å²) in [5, 5.41) is 18.9. The molecule has 4 aromatic carbocycles. The summed E-state index contributed by atoms with van der Waals surface area (Å²) in [6.07, 6.45) is -8.60. The van der Waals surface area contributed by atoms with Gasteiger partial charge in [0.05, 0.1) is 109 Å². The summed E-state index contributed by atoms with van der Waals surface area (Å²) in [5.74, 6) is -1.48. The average molecular weight is 1120 g/mol. The number of carbonyl (C=O) groups excluding carboxylic acids is 4. The molecule has 22 heteroatoms. The molecule has 16 nitrogen and oxygen atoms in total. The van der Waals surface area contributed by atoms with Crippen LogP contribution in [0.3, 0.4) is 0 Å². The summed E-state index contributed by atoms with van der Waals surface area (Å²) < 4.78 is 106. The van der Waals surface area contributed by atoms with Crippen molar-refractivity contribution in [2.24, 2.45) is 0 Å². The zero-order valence-corrected chi connectivity index (χ0v) is 45.4. The number of hydrogen-bond acceptors (Lipinski definition) is 12. The minimum atomic E-state index is -4.69. The largest absolute Gasteiger partial charge is 0.463 e. The van der Waals surface area contributed by atoms with Gasteiger partial charge in [0.25, 0.3) is 0 Å². The second kappa shape index (κ2) is 27.9. The van der Waals surface area contributed by atoms with Crippen molar-refractivity contribution in [1.29, 1.82) is 10.5 Å². The molecule has 426 valence electrons. The summed E-state index contributed by atoms with van der Waals surface area (Å²) in [6.45, 7) is 9.59. The number of urea groups is 2. The Labute approximate surface area is 461 Å². The van der Waals surface area contributed by atoms with Crippen molar-refractivity contribution in [2.45, 2.75) is 65.0 Å². The van der Waals surface area contributed by atoms with Gasteiger partial charge in [-0.1, -0.05) is 36.4 Å². The molecule has 0 fully saturated rings. The molecule has 0 aliphatic carbocycles. The first-order chi connectivity index (χ1) is 38.1. The van der Waals surface area contributed by atoms with Gasteiger partial charge in [-0.25, -0.2) is 19.2 Å². The lowest BCUT2D eigenvalue weighted by molar-refractivity contribution is -0.140. The Bertz CT molecular complexity index is 2770. The second-order valence-corrected chi connectivity index (χ2v) is 19.0. The smallest absolute Gasteiger partial charge is 0.416 e. The quantitative estimate of drug-likeness (QED) is 0.0350. The topological polar surface area (TPSA) is 172 Å². The SMILES string of the molecule is CCOC(=O)C1=C(C)N(c2cccc(C(F)(F)F)c2)C(=O)N(CCCN(C)CCOCCOCCN(C)CCCN2C(=O)N(c3cccc(C(F)(F)F)c3)C(C)=C(C(=O)OCC)[C@H]2c2ccc(C#N)cc2)[C@@H]1c1ccc(C#N)cc1. The number of nitriles is 2. The van der Waals surface area contributed by atoms with Crippen molar-refractivity contribution in [3.05, 3.63) is 153 Å². The number of likely N-dealkylation sites (N-methyl/N-ethyl adjacent to an activating group) is 2. The Balaban J connectivity index is 1.01. The highest BCUT2D eigenvalue weighted by Crippen LogP contribution is 2.43. The fraction of sp³-hybridized carbons (Fsp3) is 0.414. The van der Waals surface area contributed by atoms with Crippen molar-refractivity contribution >= 4 is 35.4 Å². The maximum absolute atomic E-state index is 14.5. The van der Waals surface area contributed by atoms with Gasteiger partial charge in [0.1, 0.15) is 0 Å². The zero-order chi connectivity index (χ0) is 58.3. The molecule has 0 N–H and O–H groups in total. The summed E-state index contributed by atoms with van der Waals surface area (Å²) in [5.41, 5.74) is -0.0102. The molecule has 4 amide bonds. The highest BCUT2D eigenvalue weighted by Gasteiger charge is 2.45. The van der Waals surface area contributed by atoms with E-state index in [-0.39, 0.29) is 73.4 Å². The number of amides is 4. The van der Waals surface area contributed by atoms with Crippen molar-refractivity contribution in [3.63, 3.8) is 0 Å². The third-order valence-electron chi connectivity index (χ3n) is 13.5. The van der Waals surface area contributed by atoms with E-state index in [2.05, 4.69) is 12.1 Å². The van der Waals surface area contributed by atoms with Crippen LogP contribution in [0, 0.1) is 22.7 Å². The molecule has 2 atom stereocenters. The Hall–Kier alpha value is -7.76. The van der Waals surface area contributed by atoms with Gasteiger partial charge < -0.3 is 38.5 Å². The number of carbonyl (C=O) groups is 4. The van der Waals surface area contributed by atoms with Gasteiger partial charge in [0.15, 0.2) is 0 Å². The van der Waals surface area contributed by atoms with Crippen LogP contribution in [-0.2, 0) is 40.9 Å². The minimum Gasteiger partial charge on any atom is -0.463 e. The van der Waals surface area contributed by atoms with Crippen molar-refractivity contribution in [3.8, 4) is 12.1 Å². The maximum Gasteiger partial charge on any atom is 0.416 e. The van der Waals surface area contributed by atoms with Crippen LogP contribution in [-0.4, -0.2) is 137 Å². The number of halogens is 6. The molecule has 4 aromatic rings. The molecule has 0 radical (unpaired) electrons. The number of anilines is 2. The van der Waals surface area contributed by atoms with Gasteiger partial charge in [-0.2, -0.15) is 36.9 Å². The molecule has 6 rings (SSSR count). The Morgan fingerprint density at radius 1 is 0.562 bits per heavy atom. The van der Waals surface area contributed by atoms with Gasteiger partial charge in [-0.15, -0.1) is 0 Å². The summed E-state index contributed by atoms with van der Waals surface area (Å²) in [4.78, 5) is 65.5. The lowest BCUT2D eigenvalue weighted by Gasteiger charge is -2.43. The van der Waals surface area contributed by atoms with Crippen molar-refractivity contribution < 1.29 is 64.5 Å². The molecule has 0 spiro atoms. The molecule has 2 heterocycles. The number of benzene rings is 4. The van der Waals surface area contributed by atoms with Gasteiger partial charge in [0, 0.05) is 37.6 Å². The van der Waals surface area contributed by atoms with E-state index in [1.165, 1.54) is 47.9 Å². The predicted octanol–water partition coefficient (Wildman–Crippen LogP) is 10.5. The highest BCUT2D eigenvalue weighted by molar-refractivity contribution is 6.04. The Morgan fingerprint density at radius 2 is 0.925 bits per heavy atom. The molecule has 0 saturated heterocycles. The molecular weight excluding hydrogens is 1050 g/mol. The first kappa shape index (κ1) is 61.5. The standard InChI is InChI=1S/C58H64F6N8O8/c1-7-79-53(73)49-39(3)71(47-15-9-13-45(35-47)57(59,60)61)55(75)69(51(49)43-21-17-41(37-65)18-22-43)27-11-25-67(5)29-31-77-33-34-78-32-30-68(6)26-12-28-70-52(44-23-19-42(38-66)20-24-44)50(54(74)80-8-2)40(4)72(56(70)76)48-16-10-14-46(36-48)58(62,63)64/h9-10,13-24,35-36,51-52H,7-8,11-12,25-34H2,1-6H3/t51-,52-/m1/s1. The molecule has 2 aliphatic rings. The third-order valence-corrected chi connectivity index (χ3v) is 13.5. The number of ether oxygens (including phenoxy) is 4. The van der Waals surface area contributed by atoms with Crippen LogP contribution in [0.25, 0.3) is 0 Å². The second-order valence-electron chi connectivity index (χ2n) is 19.0. The molecule has 80 heavy (non-hydrogen) atoms. The predicted molar refractivity (Wildman–Crippen MR) is 284 cm³/mol. The lowest BCUT2D eigenvalue weighted by Crippen LogP contribution is -2.51. The van der Waals surface area contributed by atoms with Gasteiger partial charge >= 0.3 is 36.4 Å². The average Bonchev–Trinajstić information content (AvgIpc) is 3.43. The van der Waals surface area contributed by atoms with Crippen molar-refractivity contribution in [2.75, 3.05) is 103 Å². The molecule has 2 aliphatic heterocycles. The Kier molecular flexibility index (Phi) is 21.4. The van der Waals surface area contributed by atoms with Crippen LogP contribution in [0.2, 0.25) is 0 Å². The normalized spacial score (nSPS) is 16.2. The van der Waals surface area contributed by atoms with E-state index in [9.17, 15) is 56.0 Å². The van der Waals surface area contributed by atoms with Crippen LogP contribution in [0.15, 0.2) is 120 Å². The van der Waals surface area contributed by atoms with Crippen LogP contribution >= 0.6 is 0 Å². The highest BCUT2D eigenvalue weighted by atomic mass is 19.4. The molecule has 0 aromatic heterocycles. The van der Waals surface area contributed by atoms with Crippen LogP contribution in [0.4, 0.5) is 47.3 Å². The molecule has 0 saturated carbocycles. The van der Waals surface area contributed by atoms with Crippen molar-refractivity contribution in [1.82, 2.24) is 19.6 Å². The summed E-state index contributed by atoms with van der Waals surface area (Å²) in [7, 11) is 3.74. The van der Waals surface area contributed by atoms with Crippen LogP contribution in [0.5, 0.6) is 0 Å². The van der Waals surface area contributed by atoms with E-state index in [0.29, 0.717) is 74.5 Å². The first-order valence-electron chi connectivity index (χ1n) is 26.0. The van der Waals surface area contributed by atoms with Gasteiger partial charge in [-0.05, 0) is 140 Å². The Morgan fingerprint density at radius 3 is 1.25 bits per heavy atom. The van der Waals surface area contributed by atoms with E-state index in [1.54, 1.807) is 62.4 Å². The number of rotatable bonds is 25. The lowest BCUT2D eigenvalue weighted by atomic mass is 9.92. The number of allylic oxidation sites excluding steroid dienone is 2. The van der Waals surface area contributed by atoms with E-state index < -0.39 is 59.6 Å². The fourth-order valence-corrected chi connectivity index (χ4v) is 9.53. The maximum atomic E-state index is 14.5. The molecular formula is C58H64F6N8O8. The number of nitrogens with zero attached hydrogens (tertiary/aromatic N) is 8. The van der Waals surface area contributed by atoms with E-state index in [1.807, 2.05) is 23.9 Å².